The molecule has 0 aliphatic rings. The Morgan fingerprint density at radius 3 is 2.08 bits per heavy atom. The van der Waals surface area contributed by atoms with Gasteiger partial charge in [0.2, 0.25) is 0 Å². The van der Waals surface area contributed by atoms with E-state index in [9.17, 15) is 0 Å². The predicted molar refractivity (Wildman–Crippen MR) is 283 cm³/mol. The van der Waals surface area contributed by atoms with Gasteiger partial charge in [0.05, 0.1) is 24.9 Å². The van der Waals surface area contributed by atoms with Crippen LogP contribution < -0.4 is 5.19 Å². The molecule has 1 radical (unpaired) electrons. The van der Waals surface area contributed by atoms with Crippen LogP contribution in [-0.4, -0.2) is 22.6 Å². The second-order valence-electron chi connectivity index (χ2n) is 18.6. The summed E-state index contributed by atoms with van der Waals surface area (Å²) in [6.45, 7) is 13.5. The molecule has 3 heterocycles. The molecule has 0 saturated heterocycles. The van der Waals surface area contributed by atoms with Gasteiger partial charge in [-0.25, -0.2) is 0 Å². The summed E-state index contributed by atoms with van der Waals surface area (Å²) in [5, 5.41) is 8.57. The third kappa shape index (κ3) is 8.37. The second-order valence-corrected chi connectivity index (χ2v) is 24.7. The molecule has 0 unspecified atom stereocenters. The first-order chi connectivity index (χ1) is 32.7. The van der Waals surface area contributed by atoms with E-state index >= 15 is 0 Å². The van der Waals surface area contributed by atoms with Gasteiger partial charge in [-0.05, 0) is 120 Å². The number of benzene rings is 8. The minimum absolute atomic E-state index is 0. The maximum atomic E-state index is 7.77. The Hall–Kier alpha value is -6.01. The number of aromatic nitrogens is 3. The van der Waals surface area contributed by atoms with Crippen molar-refractivity contribution in [2.75, 3.05) is 0 Å². The van der Waals surface area contributed by atoms with Crippen LogP contribution in [0.25, 0.3) is 92.2 Å². The van der Waals surface area contributed by atoms with Gasteiger partial charge in [0.25, 0.3) is 0 Å². The molecule has 0 aliphatic carbocycles. The first kappa shape index (κ1) is 41.4. The number of hydrogen-bond acceptors (Lipinski definition) is 3. The quantitative estimate of drug-likeness (QED) is 0.0905. The van der Waals surface area contributed by atoms with Crippen molar-refractivity contribution in [3.05, 3.63) is 193 Å². The SMILES string of the molecule is CC(C)c1cc(-c2ccccc2)cc(C(C)C)c1-n1c(-c2[c-]ccc3c2sc2cc4ccc5ccccc5c4cc23)nc2ccccc21.[2H]C([2H])([2H])c1cc(-c2[c-]cccc2)ncc1[Si](C)(C)C.[Ir]. The third-order valence-corrected chi connectivity index (χ3v) is 15.7. The van der Waals surface area contributed by atoms with Crippen molar-refractivity contribution in [2.45, 2.75) is 66.0 Å². The number of hydrogen-bond donors (Lipinski definition) is 0. The van der Waals surface area contributed by atoms with E-state index < -0.39 is 14.9 Å². The smallest absolute Gasteiger partial charge is 0.0798 e. The van der Waals surface area contributed by atoms with Crippen molar-refractivity contribution in [1.82, 2.24) is 14.5 Å². The average molecular weight is 1070 g/mol. The van der Waals surface area contributed by atoms with Gasteiger partial charge in [-0.1, -0.05) is 149 Å². The fourth-order valence-electron chi connectivity index (χ4n) is 9.20. The maximum Gasteiger partial charge on any atom is 0.0798 e. The molecule has 0 amide bonds. The Morgan fingerprint density at radius 2 is 1.35 bits per heavy atom. The third-order valence-electron chi connectivity index (χ3n) is 12.5. The van der Waals surface area contributed by atoms with Crippen molar-refractivity contribution in [1.29, 1.82) is 0 Å². The summed E-state index contributed by atoms with van der Waals surface area (Å²) < 4.78 is 28.3. The first-order valence-electron chi connectivity index (χ1n) is 24.0. The maximum absolute atomic E-state index is 7.77. The molecule has 3 aromatic heterocycles. The topological polar surface area (TPSA) is 30.7 Å². The number of fused-ring (bicyclic) bond motifs is 7. The van der Waals surface area contributed by atoms with Crippen LogP contribution in [0.3, 0.4) is 0 Å². The molecular weight excluding hydrogens is 1020 g/mol. The van der Waals surface area contributed by atoms with Crippen LogP contribution in [0, 0.1) is 19.0 Å². The second kappa shape index (κ2) is 18.3. The van der Waals surface area contributed by atoms with Gasteiger partial charge < -0.3 is 9.55 Å². The van der Waals surface area contributed by atoms with Gasteiger partial charge in [-0.3, -0.25) is 4.98 Å². The molecule has 0 bridgehead atoms. The molecule has 0 atom stereocenters. The average Bonchev–Trinajstić information content (AvgIpc) is 3.91. The number of nitrogens with zero attached hydrogens (tertiary/aromatic N) is 3. The van der Waals surface area contributed by atoms with Crippen molar-refractivity contribution >= 4 is 77.3 Å². The van der Waals surface area contributed by atoms with Crippen LogP contribution >= 0.6 is 11.3 Å². The Kier molecular flexibility index (Phi) is 11.5. The number of rotatable bonds is 7. The summed E-state index contributed by atoms with van der Waals surface area (Å²) >= 11 is 1.85. The van der Waals surface area contributed by atoms with Crippen LogP contribution in [0.4, 0.5) is 0 Å². The van der Waals surface area contributed by atoms with E-state index in [1.165, 1.54) is 69.7 Å². The van der Waals surface area contributed by atoms with Crippen LogP contribution in [0.2, 0.25) is 19.6 Å². The van der Waals surface area contributed by atoms with Gasteiger partial charge in [-0.15, -0.1) is 54.1 Å². The molecule has 0 fully saturated rings. The van der Waals surface area contributed by atoms with Crippen molar-refractivity contribution < 1.29 is 24.2 Å². The zero-order valence-corrected chi connectivity index (χ0v) is 42.5. The molecule has 0 N–H and O–H groups in total. The number of para-hydroxylation sites is 2. The zero-order chi connectivity index (χ0) is 47.5. The molecule has 0 saturated carbocycles. The van der Waals surface area contributed by atoms with E-state index in [2.05, 4.69) is 196 Å². The van der Waals surface area contributed by atoms with Crippen LogP contribution in [0.15, 0.2) is 164 Å². The standard InChI is InChI=1S/C45H35N2S.C15H18NSi.Ir/c1-27(2)36-23-32(29-13-6-5-7-14-29)24-37(28(3)4)43(36)47-41-20-11-10-19-40(41)46-45(47)35-18-12-17-34-39-26-38-31(25-42(39)48-44(34)35)22-21-30-15-8-9-16-33(30)38;1-12-10-14(13-8-6-5-7-9-13)16-11-15(12)17(2,3)4;/h5-17,19-28H,1-4H3;5-8,10-11H,1-4H3;/q2*-1;/i;1D3;. The number of pyridine rings is 1. The minimum atomic E-state index is -2.11. The van der Waals surface area contributed by atoms with Crippen molar-refractivity contribution in [2.24, 2.45) is 0 Å². The monoisotopic (exact) mass is 1070 g/mol. The van der Waals surface area contributed by atoms with Gasteiger partial charge in [0.1, 0.15) is 0 Å². The fourth-order valence-corrected chi connectivity index (χ4v) is 11.8. The van der Waals surface area contributed by atoms with Crippen LogP contribution in [-0.2, 0) is 20.1 Å². The van der Waals surface area contributed by atoms with Gasteiger partial charge in [0, 0.05) is 40.8 Å². The Bertz CT molecular complexity index is 3640. The van der Waals surface area contributed by atoms with Crippen molar-refractivity contribution in [3.63, 3.8) is 0 Å². The molecule has 0 spiro atoms. The number of thiophene rings is 1. The number of aryl methyl sites for hydroxylation is 1. The summed E-state index contributed by atoms with van der Waals surface area (Å²) in [5.41, 5.74) is 11.5. The van der Waals surface area contributed by atoms with Gasteiger partial charge in [0.15, 0.2) is 0 Å². The van der Waals surface area contributed by atoms with E-state index in [1.807, 2.05) is 29.5 Å². The van der Waals surface area contributed by atoms with Crippen LogP contribution in [0.1, 0.15) is 60.3 Å². The molecule has 11 aromatic rings. The molecule has 8 aromatic carbocycles. The molecule has 0 aliphatic heterocycles. The summed E-state index contributed by atoms with van der Waals surface area (Å²) in [4.78, 5) is 9.84. The van der Waals surface area contributed by atoms with Crippen LogP contribution in [0.5, 0.6) is 0 Å². The normalized spacial score (nSPS) is 12.7. The summed E-state index contributed by atoms with van der Waals surface area (Å²) in [7, 11) is -1.74. The number of imidazole rings is 1. The summed E-state index contributed by atoms with van der Waals surface area (Å²) in [6.07, 6.45) is 1.74. The molecular formula is C60H53IrN3SSi-2. The Balaban J connectivity index is 0.000000238. The molecule has 66 heavy (non-hydrogen) atoms. The van der Waals surface area contributed by atoms with Gasteiger partial charge >= 0.3 is 0 Å². The Morgan fingerprint density at radius 1 is 0.636 bits per heavy atom. The molecule has 11 rings (SSSR count). The Labute approximate surface area is 411 Å². The molecule has 329 valence electrons. The zero-order valence-electron chi connectivity index (χ0n) is 41.3. The summed E-state index contributed by atoms with van der Waals surface area (Å²) in [6, 6.07) is 62.4. The van der Waals surface area contributed by atoms with Gasteiger partial charge in [-0.2, -0.15) is 11.3 Å². The largest absolute Gasteiger partial charge is 0.333 e. The van der Waals surface area contributed by atoms with E-state index in [-0.39, 0.29) is 20.1 Å². The first-order valence-corrected chi connectivity index (χ1v) is 26.9. The van der Waals surface area contributed by atoms with E-state index in [0.29, 0.717) is 23.1 Å². The van der Waals surface area contributed by atoms with E-state index in [1.54, 1.807) is 18.3 Å². The fraction of sp³-hybridized carbons (Fsp3) is 0.167. The van der Waals surface area contributed by atoms with E-state index in [4.69, 9.17) is 9.10 Å². The predicted octanol–water partition coefficient (Wildman–Crippen LogP) is 16.5. The molecule has 6 heteroatoms. The summed E-state index contributed by atoms with van der Waals surface area (Å²) in [5.74, 6) is 1.56. The van der Waals surface area contributed by atoms with E-state index in [0.717, 1.165) is 33.2 Å². The molecule has 3 nitrogen and oxygen atoms in total. The van der Waals surface area contributed by atoms with Crippen molar-refractivity contribution in [3.8, 4) is 39.5 Å². The minimum Gasteiger partial charge on any atom is -0.333 e.